The lowest BCUT2D eigenvalue weighted by Gasteiger charge is -2.61. The number of hydrogen-bond acceptors (Lipinski definition) is 4. The van der Waals surface area contributed by atoms with Gasteiger partial charge in [-0.25, -0.2) is 0 Å². The Morgan fingerprint density at radius 1 is 1.00 bits per heavy atom. The lowest BCUT2D eigenvalue weighted by Crippen LogP contribution is -2.54. The molecule has 178 valence electrons. The van der Waals surface area contributed by atoms with E-state index in [1.807, 2.05) is 6.92 Å². The zero-order chi connectivity index (χ0) is 22.2. The average Bonchev–Trinajstić information content (AvgIpc) is 3.17. The van der Waals surface area contributed by atoms with E-state index < -0.39 is 5.79 Å². The topological polar surface area (TPSA) is 69.9 Å². The van der Waals surface area contributed by atoms with Crippen LogP contribution in [0.25, 0.3) is 0 Å². The van der Waals surface area contributed by atoms with Crippen molar-refractivity contribution in [1.29, 1.82) is 0 Å². The SMILES string of the molecule is C[C@H](CO)CC[C@@]1(O)O[C@H]2C[C@H]3[C@@H]4CC[C@H]5C[C@@H](O)CC[C@]5(C)[C@H]4CC[C@]3(C)[C@H]2[C@@H]1C. The molecule has 31 heavy (non-hydrogen) atoms. The van der Waals surface area contributed by atoms with Crippen molar-refractivity contribution in [2.24, 2.45) is 52.3 Å². The Morgan fingerprint density at radius 2 is 1.74 bits per heavy atom. The van der Waals surface area contributed by atoms with Gasteiger partial charge in [-0.3, -0.25) is 0 Å². The minimum absolute atomic E-state index is 0.0743. The van der Waals surface area contributed by atoms with Gasteiger partial charge in [0.2, 0.25) is 0 Å². The van der Waals surface area contributed by atoms with Gasteiger partial charge in [0.1, 0.15) is 0 Å². The van der Waals surface area contributed by atoms with Crippen LogP contribution in [-0.2, 0) is 4.74 Å². The van der Waals surface area contributed by atoms with Crippen LogP contribution in [0, 0.1) is 52.3 Å². The lowest BCUT2D eigenvalue weighted by molar-refractivity contribution is -0.222. The van der Waals surface area contributed by atoms with Crippen molar-refractivity contribution < 1.29 is 20.1 Å². The third kappa shape index (κ3) is 3.29. The van der Waals surface area contributed by atoms with E-state index in [0.717, 1.165) is 37.5 Å². The van der Waals surface area contributed by atoms with Gasteiger partial charge in [-0.05, 0) is 104 Å². The molecule has 3 N–H and O–H groups in total. The second-order valence-electron chi connectivity index (χ2n) is 13.0. The predicted octanol–water partition coefficient (Wildman–Crippen LogP) is 4.75. The zero-order valence-corrected chi connectivity index (χ0v) is 20.2. The quantitative estimate of drug-likeness (QED) is 0.597. The van der Waals surface area contributed by atoms with E-state index in [1.165, 1.54) is 32.1 Å². The van der Waals surface area contributed by atoms with Crippen LogP contribution in [0.5, 0.6) is 0 Å². The lowest BCUT2D eigenvalue weighted by atomic mass is 9.44. The Kier molecular flexibility index (Phi) is 5.61. The highest BCUT2D eigenvalue weighted by Crippen LogP contribution is 2.70. The summed E-state index contributed by atoms with van der Waals surface area (Å²) in [5.74, 6) is 2.81. The van der Waals surface area contributed by atoms with Gasteiger partial charge in [-0.15, -0.1) is 0 Å². The summed E-state index contributed by atoms with van der Waals surface area (Å²) >= 11 is 0. The van der Waals surface area contributed by atoms with Gasteiger partial charge in [-0.2, -0.15) is 0 Å². The highest BCUT2D eigenvalue weighted by Gasteiger charge is 2.68. The maximum atomic E-state index is 11.4. The van der Waals surface area contributed by atoms with Gasteiger partial charge < -0.3 is 20.1 Å². The fraction of sp³-hybridized carbons (Fsp3) is 1.00. The van der Waals surface area contributed by atoms with Crippen LogP contribution >= 0.6 is 0 Å². The Hall–Kier alpha value is -0.160. The molecule has 4 heteroatoms. The predicted molar refractivity (Wildman–Crippen MR) is 121 cm³/mol. The fourth-order valence-corrected chi connectivity index (χ4v) is 9.76. The van der Waals surface area contributed by atoms with Crippen LogP contribution < -0.4 is 0 Å². The molecular weight excluding hydrogens is 388 g/mol. The monoisotopic (exact) mass is 434 g/mol. The number of aliphatic hydroxyl groups is 3. The second-order valence-corrected chi connectivity index (χ2v) is 13.0. The highest BCUT2D eigenvalue weighted by atomic mass is 16.6. The molecule has 0 aromatic heterocycles. The minimum atomic E-state index is -1.02. The van der Waals surface area contributed by atoms with Gasteiger partial charge in [0.25, 0.3) is 0 Å². The molecule has 5 rings (SSSR count). The Bertz CT molecular complexity index is 682. The van der Waals surface area contributed by atoms with Crippen LogP contribution in [0.2, 0.25) is 0 Å². The first kappa shape index (κ1) is 22.6. The summed E-state index contributed by atoms with van der Waals surface area (Å²) in [5.41, 5.74) is 0.685. The van der Waals surface area contributed by atoms with Crippen LogP contribution in [0.1, 0.15) is 91.9 Å². The molecule has 0 aromatic rings. The van der Waals surface area contributed by atoms with E-state index in [4.69, 9.17) is 4.74 Å². The molecule has 4 saturated carbocycles. The first-order valence-electron chi connectivity index (χ1n) is 13.3. The summed E-state index contributed by atoms with van der Waals surface area (Å²) in [6, 6.07) is 0. The summed E-state index contributed by atoms with van der Waals surface area (Å²) in [4.78, 5) is 0. The molecule has 4 nitrogen and oxygen atoms in total. The number of ether oxygens (including phenoxy) is 1. The maximum Gasteiger partial charge on any atom is 0.168 e. The van der Waals surface area contributed by atoms with Crippen LogP contribution in [0.3, 0.4) is 0 Å². The largest absolute Gasteiger partial charge is 0.396 e. The first-order chi connectivity index (χ1) is 14.6. The van der Waals surface area contributed by atoms with E-state index in [-0.39, 0.29) is 36.1 Å². The summed E-state index contributed by atoms with van der Waals surface area (Å²) in [7, 11) is 0. The van der Waals surface area contributed by atoms with Crippen LogP contribution in [0.4, 0.5) is 0 Å². The highest BCUT2D eigenvalue weighted by molar-refractivity contribution is 5.14. The average molecular weight is 435 g/mol. The Morgan fingerprint density at radius 3 is 2.48 bits per heavy atom. The Labute approximate surface area is 189 Å². The maximum absolute atomic E-state index is 11.4. The van der Waals surface area contributed by atoms with Gasteiger partial charge >= 0.3 is 0 Å². The molecule has 1 heterocycles. The van der Waals surface area contributed by atoms with E-state index in [0.29, 0.717) is 29.6 Å². The summed E-state index contributed by atoms with van der Waals surface area (Å²) in [5, 5.41) is 31.1. The molecule has 0 radical (unpaired) electrons. The smallest absolute Gasteiger partial charge is 0.168 e. The normalized spacial score (nSPS) is 57.0. The summed E-state index contributed by atoms with van der Waals surface area (Å²) < 4.78 is 6.50. The van der Waals surface area contributed by atoms with Crippen molar-refractivity contribution in [3.8, 4) is 0 Å². The zero-order valence-electron chi connectivity index (χ0n) is 20.2. The van der Waals surface area contributed by atoms with Crippen molar-refractivity contribution in [3.05, 3.63) is 0 Å². The second kappa shape index (κ2) is 7.68. The van der Waals surface area contributed by atoms with Gasteiger partial charge in [0, 0.05) is 18.9 Å². The van der Waals surface area contributed by atoms with E-state index in [2.05, 4.69) is 20.8 Å². The molecule has 0 amide bonds. The van der Waals surface area contributed by atoms with Crippen molar-refractivity contribution in [2.75, 3.05) is 6.61 Å². The minimum Gasteiger partial charge on any atom is -0.396 e. The summed E-state index contributed by atoms with van der Waals surface area (Å²) in [6.45, 7) is 9.54. The van der Waals surface area contributed by atoms with Crippen molar-refractivity contribution in [2.45, 2.75) is 110 Å². The first-order valence-corrected chi connectivity index (χ1v) is 13.3. The van der Waals surface area contributed by atoms with E-state index in [9.17, 15) is 15.3 Å². The molecular formula is C27H46O4. The van der Waals surface area contributed by atoms with Crippen molar-refractivity contribution in [3.63, 3.8) is 0 Å². The molecule has 0 bridgehead atoms. The molecule has 1 aliphatic heterocycles. The molecule has 12 atom stereocenters. The molecule has 0 aromatic carbocycles. The third-order valence-corrected chi connectivity index (χ3v) is 11.6. The van der Waals surface area contributed by atoms with Gasteiger partial charge in [0.05, 0.1) is 12.2 Å². The molecule has 0 unspecified atom stereocenters. The fourth-order valence-electron chi connectivity index (χ4n) is 9.76. The van der Waals surface area contributed by atoms with Gasteiger partial charge in [0.15, 0.2) is 5.79 Å². The van der Waals surface area contributed by atoms with Crippen LogP contribution in [0.15, 0.2) is 0 Å². The molecule has 5 aliphatic rings. The van der Waals surface area contributed by atoms with E-state index >= 15 is 0 Å². The number of aliphatic hydroxyl groups excluding tert-OH is 2. The number of fused-ring (bicyclic) bond motifs is 7. The molecule has 5 fully saturated rings. The Balaban J connectivity index is 1.35. The molecule has 0 spiro atoms. The molecule has 1 saturated heterocycles. The number of rotatable bonds is 4. The van der Waals surface area contributed by atoms with Crippen molar-refractivity contribution in [1.82, 2.24) is 0 Å². The van der Waals surface area contributed by atoms with Gasteiger partial charge in [-0.1, -0.05) is 27.7 Å². The third-order valence-electron chi connectivity index (χ3n) is 11.6. The standard InChI is InChI=1S/C27H46O4/c1-16(15-28)7-12-27(30)17(2)24-23(31-27)14-22-20-6-5-18-13-19(29)8-10-25(18,3)21(20)9-11-26(22,24)4/h16-24,28-30H,5-15H2,1-4H3/t16-,17-,18-,19-,20+,21-,22-,23-,24-,25-,26-,27+/m0/s1. The molecule has 4 aliphatic carbocycles. The van der Waals surface area contributed by atoms with E-state index in [1.54, 1.807) is 0 Å². The van der Waals surface area contributed by atoms with Crippen LogP contribution in [-0.4, -0.2) is 39.9 Å². The number of hydrogen-bond donors (Lipinski definition) is 3. The summed E-state index contributed by atoms with van der Waals surface area (Å²) in [6.07, 6.45) is 11.1. The van der Waals surface area contributed by atoms with Crippen molar-refractivity contribution >= 4 is 0 Å².